The molecule has 5 heteroatoms. The summed E-state index contributed by atoms with van der Waals surface area (Å²) in [6.07, 6.45) is 3.84. The number of morpholine rings is 1. The van der Waals surface area contributed by atoms with Gasteiger partial charge in [0.05, 0.1) is 18.2 Å². The molecule has 3 atom stereocenters. The third kappa shape index (κ3) is 4.52. The molecule has 1 saturated heterocycles. The zero-order valence-electron chi connectivity index (χ0n) is 14.0. The van der Waals surface area contributed by atoms with E-state index >= 15 is 0 Å². The number of amides is 1. The first kappa shape index (κ1) is 16.9. The second-order valence-electron chi connectivity index (χ2n) is 6.48. The van der Waals surface area contributed by atoms with Gasteiger partial charge in [-0.3, -0.25) is 14.7 Å². The van der Waals surface area contributed by atoms with Gasteiger partial charge in [-0.2, -0.15) is 0 Å². The summed E-state index contributed by atoms with van der Waals surface area (Å²) in [5.41, 5.74) is 1.02. The second-order valence-corrected chi connectivity index (χ2v) is 6.48. The molecule has 22 heavy (non-hydrogen) atoms. The Balaban J connectivity index is 1.99. The highest BCUT2D eigenvalue weighted by molar-refractivity contribution is 5.82. The summed E-state index contributed by atoms with van der Waals surface area (Å²) < 4.78 is 5.77. The SMILES string of the molecule is CC(C)[C@@H](C(=O)NCc1cccnc1)N1C[C@@H](C)O[C@H](C)C1. The van der Waals surface area contributed by atoms with Crippen LogP contribution in [0.3, 0.4) is 0 Å². The van der Waals surface area contributed by atoms with Crippen LogP contribution < -0.4 is 5.32 Å². The summed E-state index contributed by atoms with van der Waals surface area (Å²) in [4.78, 5) is 19.0. The zero-order valence-corrected chi connectivity index (χ0v) is 14.0. The Morgan fingerprint density at radius 1 is 1.41 bits per heavy atom. The minimum atomic E-state index is -0.120. The molecule has 1 aliphatic rings. The van der Waals surface area contributed by atoms with Crippen molar-refractivity contribution >= 4 is 5.91 Å². The Bertz CT molecular complexity index is 468. The number of hydrogen-bond acceptors (Lipinski definition) is 4. The standard InChI is InChI=1S/C17H27N3O2/c1-12(2)16(20-10-13(3)22-14(4)11-20)17(21)19-9-15-6-5-7-18-8-15/h5-8,12-14,16H,9-11H2,1-4H3,(H,19,21)/t13-,14-,16+/m1/s1. The van der Waals surface area contributed by atoms with Crippen molar-refractivity contribution in [2.45, 2.75) is 52.5 Å². The predicted molar refractivity (Wildman–Crippen MR) is 86.3 cm³/mol. The van der Waals surface area contributed by atoms with E-state index in [4.69, 9.17) is 4.74 Å². The maximum atomic E-state index is 12.7. The minimum Gasteiger partial charge on any atom is -0.373 e. The van der Waals surface area contributed by atoms with Gasteiger partial charge in [-0.25, -0.2) is 0 Å². The Hall–Kier alpha value is -1.46. The van der Waals surface area contributed by atoms with Crippen LogP contribution in [-0.2, 0) is 16.1 Å². The smallest absolute Gasteiger partial charge is 0.237 e. The molecule has 1 aromatic rings. The van der Waals surface area contributed by atoms with Gasteiger partial charge in [-0.1, -0.05) is 19.9 Å². The van der Waals surface area contributed by atoms with Crippen LogP contribution in [-0.4, -0.2) is 47.1 Å². The van der Waals surface area contributed by atoms with Crippen LogP contribution in [0.2, 0.25) is 0 Å². The average Bonchev–Trinajstić information content (AvgIpc) is 2.45. The highest BCUT2D eigenvalue weighted by Gasteiger charge is 2.33. The molecule has 1 aromatic heterocycles. The van der Waals surface area contributed by atoms with E-state index < -0.39 is 0 Å². The molecule has 0 spiro atoms. The van der Waals surface area contributed by atoms with Gasteiger partial charge in [0, 0.05) is 32.0 Å². The van der Waals surface area contributed by atoms with Crippen LogP contribution in [0.5, 0.6) is 0 Å². The van der Waals surface area contributed by atoms with E-state index in [0.717, 1.165) is 18.7 Å². The second kappa shape index (κ2) is 7.70. The molecule has 1 fully saturated rings. The summed E-state index contributed by atoms with van der Waals surface area (Å²) >= 11 is 0. The van der Waals surface area contributed by atoms with Crippen molar-refractivity contribution in [1.29, 1.82) is 0 Å². The van der Waals surface area contributed by atoms with E-state index in [-0.39, 0.29) is 30.1 Å². The molecule has 0 radical (unpaired) electrons. The van der Waals surface area contributed by atoms with Crippen LogP contribution in [0.15, 0.2) is 24.5 Å². The molecule has 122 valence electrons. The maximum absolute atomic E-state index is 12.7. The van der Waals surface area contributed by atoms with Gasteiger partial charge in [0.2, 0.25) is 5.91 Å². The predicted octanol–water partition coefficient (Wildman–Crippen LogP) is 1.83. The Labute approximate surface area is 133 Å². The quantitative estimate of drug-likeness (QED) is 0.902. The summed E-state index contributed by atoms with van der Waals surface area (Å²) in [5.74, 6) is 0.339. The van der Waals surface area contributed by atoms with Gasteiger partial charge < -0.3 is 10.1 Å². The first-order valence-corrected chi connectivity index (χ1v) is 8.03. The topological polar surface area (TPSA) is 54.5 Å². The van der Waals surface area contributed by atoms with Crippen molar-refractivity contribution in [1.82, 2.24) is 15.2 Å². The van der Waals surface area contributed by atoms with Gasteiger partial charge in [0.25, 0.3) is 0 Å². The lowest BCUT2D eigenvalue weighted by Crippen LogP contribution is -2.56. The number of pyridine rings is 1. The maximum Gasteiger partial charge on any atom is 0.237 e. The highest BCUT2D eigenvalue weighted by atomic mass is 16.5. The van der Waals surface area contributed by atoms with Gasteiger partial charge in [-0.15, -0.1) is 0 Å². The third-order valence-corrected chi connectivity index (χ3v) is 3.93. The number of carbonyl (C=O) groups excluding carboxylic acids is 1. The third-order valence-electron chi connectivity index (χ3n) is 3.93. The van der Waals surface area contributed by atoms with E-state index in [1.54, 1.807) is 12.4 Å². The lowest BCUT2D eigenvalue weighted by Gasteiger charge is -2.41. The fourth-order valence-corrected chi connectivity index (χ4v) is 3.13. The Kier molecular flexibility index (Phi) is 5.91. The number of hydrogen-bond donors (Lipinski definition) is 1. The lowest BCUT2D eigenvalue weighted by atomic mass is 9.99. The summed E-state index contributed by atoms with van der Waals surface area (Å²) in [6, 6.07) is 3.73. The molecule has 2 rings (SSSR count). The van der Waals surface area contributed by atoms with Crippen LogP contribution in [0, 0.1) is 5.92 Å². The molecule has 0 aromatic carbocycles. The van der Waals surface area contributed by atoms with Crippen molar-refractivity contribution < 1.29 is 9.53 Å². The fourth-order valence-electron chi connectivity index (χ4n) is 3.13. The molecular weight excluding hydrogens is 278 g/mol. The molecular formula is C17H27N3O2. The molecule has 2 heterocycles. The van der Waals surface area contributed by atoms with Crippen molar-refractivity contribution in [2.75, 3.05) is 13.1 Å². The first-order valence-electron chi connectivity index (χ1n) is 8.03. The first-order chi connectivity index (χ1) is 10.5. The average molecular weight is 305 g/mol. The number of carbonyl (C=O) groups is 1. The monoisotopic (exact) mass is 305 g/mol. The van der Waals surface area contributed by atoms with Crippen LogP contribution in [0.1, 0.15) is 33.3 Å². The fraction of sp³-hybridized carbons (Fsp3) is 0.647. The van der Waals surface area contributed by atoms with Crippen LogP contribution in [0.25, 0.3) is 0 Å². The summed E-state index contributed by atoms with van der Waals surface area (Å²) in [6.45, 7) is 10.4. The molecule has 1 aliphatic heterocycles. The number of ether oxygens (including phenoxy) is 1. The van der Waals surface area contributed by atoms with E-state index in [9.17, 15) is 4.79 Å². The van der Waals surface area contributed by atoms with Crippen LogP contribution in [0.4, 0.5) is 0 Å². The van der Waals surface area contributed by atoms with Gasteiger partial charge >= 0.3 is 0 Å². The largest absolute Gasteiger partial charge is 0.373 e. The van der Waals surface area contributed by atoms with Gasteiger partial charge in [0.1, 0.15) is 0 Å². The van der Waals surface area contributed by atoms with Gasteiger partial charge in [-0.05, 0) is 31.4 Å². The number of nitrogens with one attached hydrogen (secondary N) is 1. The van der Waals surface area contributed by atoms with E-state index in [2.05, 4.69) is 42.9 Å². The molecule has 1 N–H and O–H groups in total. The molecule has 0 saturated carbocycles. The molecule has 0 bridgehead atoms. The number of nitrogens with zero attached hydrogens (tertiary/aromatic N) is 2. The molecule has 5 nitrogen and oxygen atoms in total. The number of rotatable bonds is 5. The van der Waals surface area contributed by atoms with Crippen molar-refractivity contribution in [2.24, 2.45) is 5.92 Å². The normalized spacial score (nSPS) is 24.2. The van der Waals surface area contributed by atoms with E-state index in [1.165, 1.54) is 0 Å². The summed E-state index contributed by atoms with van der Waals surface area (Å²) in [7, 11) is 0. The minimum absolute atomic E-state index is 0.0835. The molecule has 0 unspecified atom stereocenters. The highest BCUT2D eigenvalue weighted by Crippen LogP contribution is 2.18. The van der Waals surface area contributed by atoms with E-state index in [1.807, 2.05) is 12.1 Å². The zero-order chi connectivity index (χ0) is 16.1. The van der Waals surface area contributed by atoms with Gasteiger partial charge in [0.15, 0.2) is 0 Å². The summed E-state index contributed by atoms with van der Waals surface area (Å²) in [5, 5.41) is 3.05. The molecule has 1 amide bonds. The molecule has 0 aliphatic carbocycles. The van der Waals surface area contributed by atoms with E-state index in [0.29, 0.717) is 6.54 Å². The van der Waals surface area contributed by atoms with Crippen molar-refractivity contribution in [3.8, 4) is 0 Å². The Morgan fingerprint density at radius 2 is 2.09 bits per heavy atom. The van der Waals surface area contributed by atoms with Crippen molar-refractivity contribution in [3.05, 3.63) is 30.1 Å². The van der Waals surface area contributed by atoms with Crippen molar-refractivity contribution in [3.63, 3.8) is 0 Å². The number of aromatic nitrogens is 1. The Morgan fingerprint density at radius 3 is 2.64 bits per heavy atom. The lowest BCUT2D eigenvalue weighted by molar-refractivity contribution is -0.135. The van der Waals surface area contributed by atoms with Crippen LogP contribution >= 0.6 is 0 Å².